The zero-order valence-corrected chi connectivity index (χ0v) is 26.8. The van der Waals surface area contributed by atoms with Crippen molar-refractivity contribution < 1.29 is 36.2 Å². The number of anilines is 2. The fourth-order valence-corrected chi connectivity index (χ4v) is 9.91. The van der Waals surface area contributed by atoms with Gasteiger partial charge in [-0.15, -0.1) is 11.3 Å². The maximum absolute atomic E-state index is 16.8. The Balaban J connectivity index is 1.35. The van der Waals surface area contributed by atoms with Crippen molar-refractivity contribution >= 4 is 70.7 Å². The molecule has 1 amide bonds. The van der Waals surface area contributed by atoms with Gasteiger partial charge in [0.05, 0.1) is 32.3 Å². The van der Waals surface area contributed by atoms with Crippen LogP contribution in [0.5, 0.6) is 6.01 Å². The van der Waals surface area contributed by atoms with E-state index in [2.05, 4.69) is 20.6 Å². The number of amides is 1. The van der Waals surface area contributed by atoms with Crippen LogP contribution < -0.4 is 15.4 Å². The first-order valence-corrected chi connectivity index (χ1v) is 17.7. The van der Waals surface area contributed by atoms with Crippen LogP contribution in [0, 0.1) is 28.9 Å². The molecule has 3 saturated heterocycles. The number of fused-ring (bicyclic) bond motifs is 3. The molecule has 2 atom stereocenters. The first-order chi connectivity index (χ1) is 22.4. The van der Waals surface area contributed by atoms with E-state index in [4.69, 9.17) is 16.3 Å². The second-order valence-corrected chi connectivity index (χ2v) is 15.7. The Kier molecular flexibility index (Phi) is 7.85. The molecule has 3 fully saturated rings. The van der Waals surface area contributed by atoms with Gasteiger partial charge in [0.1, 0.15) is 41.0 Å². The van der Waals surface area contributed by atoms with Crippen LogP contribution in [0.2, 0.25) is 5.02 Å². The molecule has 7 rings (SSSR count). The molecule has 3 N–H and O–H groups in total. The van der Waals surface area contributed by atoms with Crippen molar-refractivity contribution in [3.8, 4) is 23.2 Å². The van der Waals surface area contributed by atoms with Gasteiger partial charge >= 0.3 is 12.1 Å². The quantitative estimate of drug-likeness (QED) is 0.204. The summed E-state index contributed by atoms with van der Waals surface area (Å²) in [6.07, 6.45) is -0.572. The molecule has 2 aromatic carbocycles. The fourth-order valence-electron chi connectivity index (χ4n) is 6.97. The monoisotopic (exact) mass is 706 g/mol. The standard InChI is InChI=1S/C30H26ClF3N6O5S2/c31-19-6-17-24(23(34)22(19)16-2-3-20(33)25-21(16)18(8-35)27(46-25)39-29(41)42)37-28(38-26(17)36-9-14-11-47(43,44)12-14)45-13-30-4-1-5-40(30)10-15(32)7-30/h2-3,6,14-15,39H,1,4-5,7,9-13H2,(H,41,42)(H,36,37,38)/t15-,30+/m1/s1. The van der Waals surface area contributed by atoms with Crippen LogP contribution in [0.15, 0.2) is 18.2 Å². The highest BCUT2D eigenvalue weighted by Gasteiger charge is 2.49. The zero-order chi connectivity index (χ0) is 33.2. The lowest BCUT2D eigenvalue weighted by Gasteiger charge is -2.31. The second-order valence-electron chi connectivity index (χ2n) is 12.1. The molecule has 3 aliphatic heterocycles. The molecule has 0 saturated carbocycles. The van der Waals surface area contributed by atoms with Crippen LogP contribution in [-0.4, -0.2) is 83.9 Å². The Morgan fingerprint density at radius 2 is 2.09 bits per heavy atom. The lowest BCUT2D eigenvalue weighted by molar-refractivity contribution is 0.107. The molecular weight excluding hydrogens is 681 g/mol. The number of benzene rings is 2. The van der Waals surface area contributed by atoms with Gasteiger partial charge in [-0.2, -0.15) is 15.2 Å². The van der Waals surface area contributed by atoms with Gasteiger partial charge in [-0.1, -0.05) is 17.7 Å². The third-order valence-electron chi connectivity index (χ3n) is 9.02. The average Bonchev–Trinajstić information content (AvgIpc) is 3.65. The van der Waals surface area contributed by atoms with E-state index < -0.39 is 39.3 Å². The van der Waals surface area contributed by atoms with Crippen LogP contribution in [0.1, 0.15) is 24.8 Å². The molecule has 246 valence electrons. The molecule has 0 radical (unpaired) electrons. The third kappa shape index (κ3) is 5.58. The number of halogens is 4. The molecule has 0 bridgehead atoms. The number of nitrogens with zero attached hydrogens (tertiary/aromatic N) is 4. The molecule has 4 aromatic rings. The second kappa shape index (κ2) is 11.7. The summed E-state index contributed by atoms with van der Waals surface area (Å²) >= 11 is 7.37. The number of ether oxygens (including phenoxy) is 1. The predicted octanol–water partition coefficient (Wildman–Crippen LogP) is 5.82. The van der Waals surface area contributed by atoms with E-state index in [-0.39, 0.29) is 96.5 Å². The molecule has 11 nitrogen and oxygen atoms in total. The van der Waals surface area contributed by atoms with Gasteiger partial charge in [-0.05, 0) is 37.1 Å². The van der Waals surface area contributed by atoms with E-state index in [1.165, 1.54) is 12.1 Å². The van der Waals surface area contributed by atoms with E-state index in [1.807, 2.05) is 11.0 Å². The third-order valence-corrected chi connectivity index (χ3v) is 12.4. The minimum absolute atomic E-state index is 0.00442. The number of hydrogen-bond acceptors (Lipinski definition) is 10. The lowest BCUT2D eigenvalue weighted by atomic mass is 9.95. The van der Waals surface area contributed by atoms with Gasteiger partial charge in [0.2, 0.25) is 0 Å². The van der Waals surface area contributed by atoms with Crippen LogP contribution in [-0.2, 0) is 9.84 Å². The molecule has 2 aromatic heterocycles. The summed E-state index contributed by atoms with van der Waals surface area (Å²) in [6.45, 7) is 1.32. The SMILES string of the molecule is N#Cc1c(NC(=O)O)sc2c(F)ccc(-c3c(Cl)cc4c(NCC5CS(=O)(=O)C5)nc(OC[C@@]56CCCN5C[C@H](F)C6)nc4c3F)c12. The summed E-state index contributed by atoms with van der Waals surface area (Å²) in [5.74, 6) is -1.74. The van der Waals surface area contributed by atoms with E-state index in [9.17, 15) is 32.4 Å². The van der Waals surface area contributed by atoms with E-state index in [0.717, 1.165) is 25.5 Å². The maximum atomic E-state index is 16.8. The number of rotatable bonds is 8. The van der Waals surface area contributed by atoms with E-state index in [1.54, 1.807) is 0 Å². The smallest absolute Gasteiger partial charge is 0.409 e. The van der Waals surface area contributed by atoms with E-state index in [0.29, 0.717) is 17.9 Å². The molecule has 0 spiro atoms. The summed E-state index contributed by atoms with van der Waals surface area (Å²) in [6, 6.07) is 5.42. The van der Waals surface area contributed by atoms with Crippen molar-refractivity contribution in [3.63, 3.8) is 0 Å². The lowest BCUT2D eigenvalue weighted by Crippen LogP contribution is -2.43. The van der Waals surface area contributed by atoms with Crippen molar-refractivity contribution in [3.05, 3.63) is 40.4 Å². The van der Waals surface area contributed by atoms with Crippen LogP contribution in [0.25, 0.3) is 32.1 Å². The van der Waals surface area contributed by atoms with Gasteiger partial charge in [0.15, 0.2) is 15.7 Å². The molecule has 0 aliphatic carbocycles. The van der Waals surface area contributed by atoms with Crippen molar-refractivity contribution in [2.75, 3.05) is 48.4 Å². The van der Waals surface area contributed by atoms with E-state index >= 15 is 4.39 Å². The minimum Gasteiger partial charge on any atom is -0.465 e. The van der Waals surface area contributed by atoms with Crippen LogP contribution >= 0.6 is 22.9 Å². The number of carbonyl (C=O) groups is 1. The van der Waals surface area contributed by atoms with Crippen LogP contribution in [0.4, 0.5) is 28.8 Å². The highest BCUT2D eigenvalue weighted by molar-refractivity contribution is 7.92. The molecule has 5 heterocycles. The Bertz CT molecular complexity index is 2110. The minimum atomic E-state index is -3.10. The predicted molar refractivity (Wildman–Crippen MR) is 171 cm³/mol. The Hall–Kier alpha value is -3.91. The van der Waals surface area contributed by atoms with Crippen LogP contribution in [0.3, 0.4) is 0 Å². The first-order valence-electron chi connectivity index (χ1n) is 14.7. The largest absolute Gasteiger partial charge is 0.465 e. The number of hydrogen-bond donors (Lipinski definition) is 3. The normalized spacial score (nSPS) is 22.2. The van der Waals surface area contributed by atoms with Gasteiger partial charge < -0.3 is 15.2 Å². The molecule has 3 aliphatic rings. The number of nitrogens with one attached hydrogen (secondary N) is 2. The van der Waals surface area contributed by atoms with Gasteiger partial charge in [0, 0.05) is 41.8 Å². The summed E-state index contributed by atoms with van der Waals surface area (Å²) < 4.78 is 75.5. The molecule has 0 unspecified atom stereocenters. The summed E-state index contributed by atoms with van der Waals surface area (Å²) in [5.41, 5.74) is -1.14. The highest BCUT2D eigenvalue weighted by atomic mass is 35.5. The van der Waals surface area contributed by atoms with Crippen molar-refractivity contribution in [2.45, 2.75) is 31.0 Å². The Morgan fingerprint density at radius 1 is 1.30 bits per heavy atom. The maximum Gasteiger partial charge on any atom is 0.409 e. The van der Waals surface area contributed by atoms with Gasteiger partial charge in [0.25, 0.3) is 0 Å². The number of alkyl halides is 1. The molecule has 47 heavy (non-hydrogen) atoms. The van der Waals surface area contributed by atoms with Gasteiger partial charge in [-0.3, -0.25) is 10.2 Å². The number of nitriles is 1. The van der Waals surface area contributed by atoms with Crippen molar-refractivity contribution in [1.82, 2.24) is 14.9 Å². The summed E-state index contributed by atoms with van der Waals surface area (Å²) in [7, 11) is -3.10. The molecular formula is C30H26ClF3N6O5S2. The summed E-state index contributed by atoms with van der Waals surface area (Å²) in [5, 5.41) is 24.2. The number of thiophene rings is 1. The average molecular weight is 707 g/mol. The van der Waals surface area contributed by atoms with Crippen molar-refractivity contribution in [1.29, 1.82) is 5.26 Å². The first kappa shape index (κ1) is 31.7. The zero-order valence-electron chi connectivity index (χ0n) is 24.4. The number of aromatic nitrogens is 2. The van der Waals surface area contributed by atoms with Crippen molar-refractivity contribution in [2.24, 2.45) is 5.92 Å². The number of sulfone groups is 1. The van der Waals surface area contributed by atoms with Gasteiger partial charge in [-0.25, -0.2) is 26.4 Å². The summed E-state index contributed by atoms with van der Waals surface area (Å²) in [4.78, 5) is 22.3. The molecule has 17 heteroatoms. The topological polar surface area (TPSA) is 158 Å². The number of carboxylic acid groups (broad SMARTS) is 1. The fraction of sp³-hybridized carbons (Fsp3) is 0.400. The Morgan fingerprint density at radius 3 is 2.81 bits per heavy atom. The highest BCUT2D eigenvalue weighted by Crippen LogP contribution is 2.46. The Labute approximate surface area is 275 Å².